The van der Waals surface area contributed by atoms with Crippen molar-refractivity contribution in [1.82, 2.24) is 5.01 Å². The van der Waals surface area contributed by atoms with Gasteiger partial charge in [0.05, 0.1) is 5.69 Å². The molecule has 1 unspecified atom stereocenters. The minimum atomic E-state index is -0.964. The van der Waals surface area contributed by atoms with Gasteiger partial charge in [0.15, 0.2) is 6.10 Å². The van der Waals surface area contributed by atoms with Crippen molar-refractivity contribution in [3.8, 4) is 5.75 Å². The van der Waals surface area contributed by atoms with Crippen LogP contribution in [0, 0.1) is 0 Å². The van der Waals surface area contributed by atoms with Crippen molar-refractivity contribution in [3.05, 3.63) is 59.7 Å². The van der Waals surface area contributed by atoms with Crippen LogP contribution in [0.2, 0.25) is 0 Å². The Morgan fingerprint density at radius 3 is 2.46 bits per heavy atom. The predicted octanol–water partition coefficient (Wildman–Crippen LogP) is 4.66. The standard InChI is InChI=1S/C20H23N3O3/c1-4-18(20(24)25)26-19-8-6-5-7-16(19)12-9-15-10-13-17(14-11-15)21-22-23(2)3/h5-14,18H,4H2,1-3H3,(H,24,25)/b12-9+,22-21-. The molecular formula is C20H23N3O3. The molecule has 1 N–H and O–H groups in total. The van der Waals surface area contributed by atoms with E-state index in [2.05, 4.69) is 10.3 Å². The lowest BCUT2D eigenvalue weighted by atomic mass is 10.1. The molecule has 0 heterocycles. The zero-order chi connectivity index (χ0) is 18.9. The van der Waals surface area contributed by atoms with E-state index in [1.165, 1.54) is 0 Å². The second-order valence-electron chi connectivity index (χ2n) is 5.85. The van der Waals surface area contributed by atoms with Gasteiger partial charge in [-0.15, -0.1) is 5.11 Å². The summed E-state index contributed by atoms with van der Waals surface area (Å²) in [5.41, 5.74) is 2.59. The van der Waals surface area contributed by atoms with Gasteiger partial charge in [0.2, 0.25) is 0 Å². The molecule has 0 saturated heterocycles. The number of carboxylic acid groups (broad SMARTS) is 1. The minimum absolute atomic E-state index is 0.399. The summed E-state index contributed by atoms with van der Waals surface area (Å²) < 4.78 is 5.64. The first-order valence-corrected chi connectivity index (χ1v) is 8.35. The summed E-state index contributed by atoms with van der Waals surface area (Å²) in [6, 6.07) is 15.0. The molecule has 0 fully saturated rings. The van der Waals surface area contributed by atoms with E-state index >= 15 is 0 Å². The molecule has 26 heavy (non-hydrogen) atoms. The highest BCUT2D eigenvalue weighted by atomic mass is 16.5. The molecule has 6 heteroatoms. The molecule has 0 radical (unpaired) electrons. The third-order valence-corrected chi connectivity index (χ3v) is 3.52. The molecule has 1 atom stereocenters. The van der Waals surface area contributed by atoms with Gasteiger partial charge in [-0.3, -0.25) is 5.01 Å². The zero-order valence-electron chi connectivity index (χ0n) is 15.2. The molecule has 2 aromatic rings. The Balaban J connectivity index is 2.14. The highest BCUT2D eigenvalue weighted by Crippen LogP contribution is 2.23. The lowest BCUT2D eigenvalue weighted by Gasteiger charge is -2.15. The largest absolute Gasteiger partial charge is 0.479 e. The first-order chi connectivity index (χ1) is 12.5. The van der Waals surface area contributed by atoms with E-state index in [1.807, 2.05) is 68.7 Å². The molecule has 0 aliphatic carbocycles. The molecule has 0 spiro atoms. The van der Waals surface area contributed by atoms with Gasteiger partial charge in [-0.05, 0) is 30.2 Å². The van der Waals surface area contributed by atoms with Gasteiger partial charge in [0, 0.05) is 19.7 Å². The molecule has 2 rings (SSSR count). The average Bonchev–Trinajstić information content (AvgIpc) is 2.64. The number of nitrogens with zero attached hydrogens (tertiary/aromatic N) is 3. The smallest absolute Gasteiger partial charge is 0.344 e. The third kappa shape index (κ3) is 5.73. The molecule has 0 aliphatic rings. The molecule has 0 bridgehead atoms. The molecule has 0 aromatic heterocycles. The summed E-state index contributed by atoms with van der Waals surface area (Å²) in [6.45, 7) is 1.78. The Hall–Kier alpha value is -3.15. The highest BCUT2D eigenvalue weighted by Gasteiger charge is 2.17. The van der Waals surface area contributed by atoms with Crippen molar-refractivity contribution in [2.45, 2.75) is 19.4 Å². The van der Waals surface area contributed by atoms with Crippen molar-refractivity contribution < 1.29 is 14.6 Å². The van der Waals surface area contributed by atoms with Crippen molar-refractivity contribution in [2.75, 3.05) is 14.1 Å². The van der Waals surface area contributed by atoms with E-state index < -0.39 is 12.1 Å². The third-order valence-electron chi connectivity index (χ3n) is 3.52. The Morgan fingerprint density at radius 2 is 1.85 bits per heavy atom. The number of carbonyl (C=O) groups is 1. The van der Waals surface area contributed by atoms with E-state index in [0.717, 1.165) is 16.8 Å². The normalized spacial score (nSPS) is 12.4. The molecular weight excluding hydrogens is 330 g/mol. The van der Waals surface area contributed by atoms with Gasteiger partial charge >= 0.3 is 5.97 Å². The predicted molar refractivity (Wildman–Crippen MR) is 102 cm³/mol. The van der Waals surface area contributed by atoms with Gasteiger partial charge < -0.3 is 9.84 Å². The zero-order valence-corrected chi connectivity index (χ0v) is 15.2. The van der Waals surface area contributed by atoms with Gasteiger partial charge in [0.25, 0.3) is 0 Å². The van der Waals surface area contributed by atoms with Crippen LogP contribution in [-0.2, 0) is 4.79 Å². The van der Waals surface area contributed by atoms with Crippen LogP contribution >= 0.6 is 0 Å². The summed E-state index contributed by atoms with van der Waals surface area (Å²) in [6.07, 6.45) is 3.39. The fourth-order valence-corrected chi connectivity index (χ4v) is 2.17. The molecule has 0 amide bonds. The number of benzene rings is 2. The monoisotopic (exact) mass is 353 g/mol. The van der Waals surface area contributed by atoms with Crippen molar-refractivity contribution in [3.63, 3.8) is 0 Å². The van der Waals surface area contributed by atoms with Gasteiger partial charge in [-0.2, -0.15) is 0 Å². The average molecular weight is 353 g/mol. The fraction of sp³-hybridized carbons (Fsp3) is 0.250. The number of ether oxygens (including phenoxy) is 1. The minimum Gasteiger partial charge on any atom is -0.479 e. The highest BCUT2D eigenvalue weighted by molar-refractivity contribution is 5.75. The molecule has 136 valence electrons. The SMILES string of the molecule is CCC(Oc1ccccc1/C=C/c1ccc(/N=N\N(C)C)cc1)C(=O)O. The summed E-state index contributed by atoms with van der Waals surface area (Å²) in [5.74, 6) is -0.414. The quantitative estimate of drug-likeness (QED) is 0.425. The lowest BCUT2D eigenvalue weighted by Crippen LogP contribution is -2.26. The summed E-state index contributed by atoms with van der Waals surface area (Å²) in [7, 11) is 3.63. The van der Waals surface area contributed by atoms with Crippen LogP contribution < -0.4 is 4.74 Å². The van der Waals surface area contributed by atoms with Crippen molar-refractivity contribution in [1.29, 1.82) is 0 Å². The second kappa shape index (κ2) is 9.36. The van der Waals surface area contributed by atoms with Gasteiger partial charge in [-0.1, -0.05) is 54.6 Å². The van der Waals surface area contributed by atoms with Crippen LogP contribution in [0.1, 0.15) is 24.5 Å². The van der Waals surface area contributed by atoms with Crippen molar-refractivity contribution >= 4 is 23.8 Å². The van der Waals surface area contributed by atoms with Crippen LogP contribution in [0.3, 0.4) is 0 Å². The van der Waals surface area contributed by atoms with Crippen LogP contribution in [0.4, 0.5) is 5.69 Å². The molecule has 0 aliphatic heterocycles. The Morgan fingerprint density at radius 1 is 1.15 bits per heavy atom. The molecule has 6 nitrogen and oxygen atoms in total. The fourth-order valence-electron chi connectivity index (χ4n) is 2.17. The maximum atomic E-state index is 11.2. The van der Waals surface area contributed by atoms with E-state index in [1.54, 1.807) is 18.0 Å². The number of carboxylic acids is 1. The Labute approximate surface area is 153 Å². The van der Waals surface area contributed by atoms with Gasteiger partial charge in [0.1, 0.15) is 5.75 Å². The van der Waals surface area contributed by atoms with E-state index in [0.29, 0.717) is 12.2 Å². The van der Waals surface area contributed by atoms with Crippen LogP contribution in [0.25, 0.3) is 12.2 Å². The first-order valence-electron chi connectivity index (χ1n) is 8.35. The summed E-state index contributed by atoms with van der Waals surface area (Å²) in [4.78, 5) is 11.2. The van der Waals surface area contributed by atoms with E-state index in [4.69, 9.17) is 4.74 Å². The second-order valence-corrected chi connectivity index (χ2v) is 5.85. The Kier molecular flexibility index (Phi) is 6.91. The number of para-hydroxylation sites is 1. The van der Waals surface area contributed by atoms with Crippen LogP contribution in [0.5, 0.6) is 5.75 Å². The molecule has 0 saturated carbocycles. The number of hydrogen-bond donors (Lipinski definition) is 1. The Bertz CT molecular complexity index is 783. The maximum absolute atomic E-state index is 11.2. The number of aliphatic carboxylic acids is 1. The van der Waals surface area contributed by atoms with Crippen LogP contribution in [-0.4, -0.2) is 36.3 Å². The maximum Gasteiger partial charge on any atom is 0.344 e. The first kappa shape index (κ1) is 19.2. The van der Waals surface area contributed by atoms with Crippen LogP contribution in [0.15, 0.2) is 58.9 Å². The lowest BCUT2D eigenvalue weighted by molar-refractivity contribution is -0.145. The summed E-state index contributed by atoms with van der Waals surface area (Å²) in [5, 5.41) is 18.8. The van der Waals surface area contributed by atoms with Gasteiger partial charge in [-0.25, -0.2) is 4.79 Å². The van der Waals surface area contributed by atoms with E-state index in [9.17, 15) is 9.90 Å². The van der Waals surface area contributed by atoms with E-state index in [-0.39, 0.29) is 0 Å². The topological polar surface area (TPSA) is 74.5 Å². The van der Waals surface area contributed by atoms with Crippen molar-refractivity contribution in [2.24, 2.45) is 10.3 Å². The summed E-state index contributed by atoms with van der Waals surface area (Å²) >= 11 is 0. The number of hydrogen-bond acceptors (Lipinski definition) is 4. The number of rotatable bonds is 8. The molecule has 2 aromatic carbocycles.